The van der Waals surface area contributed by atoms with Gasteiger partial charge in [-0.05, 0) is 85.6 Å². The van der Waals surface area contributed by atoms with Crippen molar-refractivity contribution in [1.82, 2.24) is 4.98 Å². The van der Waals surface area contributed by atoms with Crippen molar-refractivity contribution in [2.24, 2.45) is 5.92 Å². The fourth-order valence-corrected chi connectivity index (χ4v) is 7.38. The molecule has 3 fully saturated rings. The van der Waals surface area contributed by atoms with Crippen LogP contribution in [0, 0.1) is 5.92 Å². The summed E-state index contributed by atoms with van der Waals surface area (Å²) in [6, 6.07) is 9.06. The van der Waals surface area contributed by atoms with Gasteiger partial charge in [-0.25, -0.2) is 8.42 Å². The molecule has 1 N–H and O–H groups in total. The number of pyridine rings is 1. The van der Waals surface area contributed by atoms with E-state index in [9.17, 15) is 22.8 Å². The maximum absolute atomic E-state index is 13.7. The number of carbonyl (C=O) groups is 3. The van der Waals surface area contributed by atoms with Gasteiger partial charge in [0.25, 0.3) is 0 Å². The number of aromatic nitrogens is 1. The zero-order valence-electron chi connectivity index (χ0n) is 21.3. The van der Waals surface area contributed by atoms with Crippen LogP contribution in [0.4, 0.5) is 0 Å². The summed E-state index contributed by atoms with van der Waals surface area (Å²) >= 11 is 0. The lowest BCUT2D eigenvalue weighted by Crippen LogP contribution is -2.19. The first kappa shape index (κ1) is 28.4. The minimum atomic E-state index is -3.33. The van der Waals surface area contributed by atoms with Crippen molar-refractivity contribution >= 4 is 39.8 Å². The average Bonchev–Trinajstić information content (AvgIpc) is 3.79. The molecule has 38 heavy (non-hydrogen) atoms. The third-order valence-corrected chi connectivity index (χ3v) is 10.2. The van der Waals surface area contributed by atoms with Crippen molar-refractivity contribution in [3.05, 3.63) is 58.9 Å². The standard InChI is InChI=1S/C29H33NO6S.ClH/c31-23-8-2-19(13-23)14-25(27(32)16-22-7-1-18(17-30-22)3-12-29(33)34)21-6-11-28(26(15-21)20-4-5-20)37(35,36)24-9-10-24;/h1,6-7,11,15,17,19-20,24-25H,2-5,8-10,12-14,16H2,(H,33,34);1H/t19-,25+;/m0./s1. The third-order valence-electron chi connectivity index (χ3n) is 7.90. The van der Waals surface area contributed by atoms with Crippen molar-refractivity contribution in [3.8, 4) is 0 Å². The van der Waals surface area contributed by atoms with Gasteiger partial charge in [-0.2, -0.15) is 0 Å². The number of aryl methyl sites for hydroxylation is 1. The molecule has 0 amide bonds. The largest absolute Gasteiger partial charge is 0.481 e. The first-order chi connectivity index (χ1) is 17.7. The predicted molar refractivity (Wildman–Crippen MR) is 144 cm³/mol. The summed E-state index contributed by atoms with van der Waals surface area (Å²) in [4.78, 5) is 41.2. The molecule has 0 aliphatic heterocycles. The topological polar surface area (TPSA) is 118 Å². The minimum absolute atomic E-state index is 0. The SMILES string of the molecule is Cl.O=C(O)CCc1ccc(CC(=O)[C@H](C[C@H]2CCC(=O)C2)c2ccc(S(=O)(=O)C3CC3)c(C3CC3)c2)nc1. The van der Waals surface area contributed by atoms with Crippen LogP contribution < -0.4 is 0 Å². The number of hydrogen-bond acceptors (Lipinski definition) is 6. The maximum Gasteiger partial charge on any atom is 0.303 e. The summed E-state index contributed by atoms with van der Waals surface area (Å²) < 4.78 is 26.2. The lowest BCUT2D eigenvalue weighted by atomic mass is 9.83. The monoisotopic (exact) mass is 559 g/mol. The Balaban J connectivity index is 0.00000336. The van der Waals surface area contributed by atoms with Gasteiger partial charge in [0.2, 0.25) is 0 Å². The van der Waals surface area contributed by atoms with Crippen molar-refractivity contribution in [2.45, 2.75) is 92.6 Å². The highest BCUT2D eigenvalue weighted by molar-refractivity contribution is 7.92. The molecule has 9 heteroatoms. The molecule has 3 saturated carbocycles. The van der Waals surface area contributed by atoms with Crippen molar-refractivity contribution < 1.29 is 27.9 Å². The fourth-order valence-electron chi connectivity index (χ4n) is 5.45. The van der Waals surface area contributed by atoms with Crippen LogP contribution in [0.3, 0.4) is 0 Å². The second-order valence-electron chi connectivity index (χ2n) is 10.9. The van der Waals surface area contributed by atoms with E-state index >= 15 is 0 Å². The zero-order chi connectivity index (χ0) is 26.2. The average molecular weight is 560 g/mol. The van der Waals surface area contributed by atoms with Crippen molar-refractivity contribution in [3.63, 3.8) is 0 Å². The second kappa shape index (κ2) is 11.7. The first-order valence-electron chi connectivity index (χ1n) is 13.3. The van der Waals surface area contributed by atoms with Crippen LogP contribution >= 0.6 is 12.4 Å². The molecule has 204 valence electrons. The van der Waals surface area contributed by atoms with Gasteiger partial charge in [0.1, 0.15) is 11.6 Å². The van der Waals surface area contributed by atoms with Gasteiger partial charge < -0.3 is 5.11 Å². The van der Waals surface area contributed by atoms with Crippen LogP contribution in [-0.2, 0) is 37.1 Å². The Labute approximate surface area is 229 Å². The molecular formula is C29H34ClNO6S. The number of carboxylic acids is 1. The Bertz CT molecular complexity index is 1320. The summed E-state index contributed by atoms with van der Waals surface area (Å²) in [5.74, 6) is -0.683. The maximum atomic E-state index is 13.7. The van der Waals surface area contributed by atoms with Crippen LogP contribution in [0.2, 0.25) is 0 Å². The molecule has 5 rings (SSSR count). The Kier molecular flexibility index (Phi) is 8.72. The molecule has 0 radical (unpaired) electrons. The van der Waals surface area contributed by atoms with Gasteiger partial charge in [-0.1, -0.05) is 18.2 Å². The van der Waals surface area contributed by atoms with Gasteiger partial charge in [-0.15, -0.1) is 12.4 Å². The number of aliphatic carboxylic acids is 1. The molecule has 1 aromatic carbocycles. The van der Waals surface area contributed by atoms with Crippen LogP contribution in [0.25, 0.3) is 0 Å². The quantitative estimate of drug-likeness (QED) is 0.389. The van der Waals surface area contributed by atoms with Gasteiger partial charge in [-0.3, -0.25) is 19.4 Å². The number of rotatable bonds is 12. The summed E-state index contributed by atoms with van der Waals surface area (Å²) in [7, 11) is -3.33. The number of sulfone groups is 1. The molecule has 0 saturated heterocycles. The van der Waals surface area contributed by atoms with Gasteiger partial charge >= 0.3 is 5.97 Å². The summed E-state index contributed by atoms with van der Waals surface area (Å²) in [5.41, 5.74) is 3.11. The minimum Gasteiger partial charge on any atom is -0.481 e. The molecule has 0 bridgehead atoms. The molecule has 2 aromatic rings. The summed E-state index contributed by atoms with van der Waals surface area (Å²) in [6.45, 7) is 0. The molecule has 3 aliphatic carbocycles. The van der Waals surface area contributed by atoms with E-state index in [1.807, 2.05) is 18.2 Å². The Morgan fingerprint density at radius 2 is 1.82 bits per heavy atom. The van der Waals surface area contributed by atoms with Crippen LogP contribution in [0.1, 0.15) is 92.0 Å². The number of nitrogens with zero attached hydrogens (tertiary/aromatic N) is 1. The van der Waals surface area contributed by atoms with E-state index in [4.69, 9.17) is 5.11 Å². The van der Waals surface area contributed by atoms with Gasteiger partial charge in [0.05, 0.1) is 10.1 Å². The fraction of sp³-hybridized carbons (Fsp3) is 0.517. The summed E-state index contributed by atoms with van der Waals surface area (Å²) in [6.07, 6.45) is 7.91. The van der Waals surface area contributed by atoms with E-state index in [2.05, 4.69) is 4.98 Å². The molecule has 3 aliphatic rings. The van der Waals surface area contributed by atoms with Gasteiger partial charge in [0, 0.05) is 43.5 Å². The van der Waals surface area contributed by atoms with E-state index in [1.165, 1.54) is 0 Å². The van der Waals surface area contributed by atoms with E-state index in [0.29, 0.717) is 49.1 Å². The lowest BCUT2D eigenvalue weighted by molar-refractivity contribution is -0.137. The predicted octanol–water partition coefficient (Wildman–Crippen LogP) is 4.99. The normalized spacial score (nSPS) is 20.1. The number of halogens is 1. The van der Waals surface area contributed by atoms with Gasteiger partial charge in [0.15, 0.2) is 9.84 Å². The number of benzene rings is 1. The van der Waals surface area contributed by atoms with Crippen molar-refractivity contribution in [1.29, 1.82) is 0 Å². The Morgan fingerprint density at radius 1 is 1.05 bits per heavy atom. The van der Waals surface area contributed by atoms with Crippen LogP contribution in [0.15, 0.2) is 41.4 Å². The Hall–Kier alpha value is -2.58. The molecule has 1 aromatic heterocycles. The molecule has 0 unspecified atom stereocenters. The van der Waals surface area contributed by atoms with E-state index < -0.39 is 21.7 Å². The van der Waals surface area contributed by atoms with E-state index in [0.717, 1.165) is 36.0 Å². The van der Waals surface area contributed by atoms with E-state index in [1.54, 1.807) is 18.3 Å². The molecule has 2 atom stereocenters. The van der Waals surface area contributed by atoms with E-state index in [-0.39, 0.29) is 53.9 Å². The number of Topliss-reactive ketones (excluding diaryl/α,β-unsaturated/α-hetero) is 2. The highest BCUT2D eigenvalue weighted by atomic mass is 35.5. The Morgan fingerprint density at radius 3 is 2.39 bits per heavy atom. The number of carboxylic acid groups (broad SMARTS) is 1. The number of carbonyl (C=O) groups excluding carboxylic acids is 2. The lowest BCUT2D eigenvalue weighted by Gasteiger charge is -2.22. The number of ketones is 2. The zero-order valence-corrected chi connectivity index (χ0v) is 22.9. The molecule has 7 nitrogen and oxygen atoms in total. The van der Waals surface area contributed by atoms with Crippen LogP contribution in [0.5, 0.6) is 0 Å². The highest BCUT2D eigenvalue weighted by Crippen LogP contribution is 2.47. The number of hydrogen-bond donors (Lipinski definition) is 1. The smallest absolute Gasteiger partial charge is 0.303 e. The second-order valence-corrected chi connectivity index (χ2v) is 13.1. The first-order valence-corrected chi connectivity index (χ1v) is 14.8. The summed E-state index contributed by atoms with van der Waals surface area (Å²) in [5, 5.41) is 8.61. The third kappa shape index (κ3) is 6.70. The van der Waals surface area contributed by atoms with Crippen molar-refractivity contribution in [2.75, 3.05) is 0 Å². The van der Waals surface area contributed by atoms with Crippen LogP contribution in [-0.4, -0.2) is 41.3 Å². The molecular weight excluding hydrogens is 526 g/mol. The highest BCUT2D eigenvalue weighted by Gasteiger charge is 2.41. The molecule has 0 spiro atoms. The molecule has 1 heterocycles.